The lowest BCUT2D eigenvalue weighted by Gasteiger charge is -2.19. The molecule has 4 rings (SSSR count). The summed E-state index contributed by atoms with van der Waals surface area (Å²) in [5.74, 6) is -0.682. The fourth-order valence-corrected chi connectivity index (χ4v) is 4.32. The third-order valence-corrected chi connectivity index (χ3v) is 5.89. The lowest BCUT2D eigenvalue weighted by molar-refractivity contribution is -0.140. The van der Waals surface area contributed by atoms with Gasteiger partial charge in [-0.2, -0.15) is 5.10 Å². The largest absolute Gasteiger partial charge is 0.352 e. The summed E-state index contributed by atoms with van der Waals surface area (Å²) in [7, 11) is 0. The zero-order valence-corrected chi connectivity index (χ0v) is 16.3. The Morgan fingerprint density at radius 3 is 2.41 bits per heavy atom. The van der Waals surface area contributed by atoms with E-state index < -0.39 is 0 Å². The average Bonchev–Trinajstić information content (AvgIpc) is 3.33. The van der Waals surface area contributed by atoms with Gasteiger partial charge in [0.2, 0.25) is 17.7 Å². The molecule has 1 saturated heterocycles. The van der Waals surface area contributed by atoms with E-state index in [1.807, 2.05) is 24.3 Å². The van der Waals surface area contributed by atoms with Crippen LogP contribution in [0.15, 0.2) is 36.9 Å². The van der Waals surface area contributed by atoms with Crippen molar-refractivity contribution in [2.24, 2.45) is 11.8 Å². The maximum Gasteiger partial charge on any atom is 0.233 e. The minimum absolute atomic E-state index is 0.0920. The fraction of sp³-hybridized carbons (Fsp3) is 0.476. The van der Waals surface area contributed by atoms with E-state index in [0.717, 1.165) is 36.8 Å². The smallest absolute Gasteiger partial charge is 0.233 e. The first-order valence-corrected chi connectivity index (χ1v) is 10.1. The Morgan fingerprint density at radius 1 is 1.07 bits per heavy atom. The first kappa shape index (κ1) is 19.3. The molecule has 1 aliphatic carbocycles. The number of carbonyl (C=O) groups is 3. The van der Waals surface area contributed by atoms with Gasteiger partial charge in [0, 0.05) is 19.5 Å². The molecule has 8 heteroatoms. The Kier molecular flexibility index (Phi) is 5.69. The molecule has 1 aromatic heterocycles. The summed E-state index contributed by atoms with van der Waals surface area (Å²) in [5, 5.41) is 7.02. The molecule has 0 radical (unpaired) electrons. The van der Waals surface area contributed by atoms with Crippen molar-refractivity contribution in [2.45, 2.75) is 45.2 Å². The molecule has 2 atom stereocenters. The molecule has 2 aromatic rings. The molecule has 0 bridgehead atoms. The van der Waals surface area contributed by atoms with Crippen LogP contribution in [0.2, 0.25) is 0 Å². The van der Waals surface area contributed by atoms with Crippen molar-refractivity contribution >= 4 is 17.7 Å². The second-order valence-electron chi connectivity index (χ2n) is 7.71. The normalized spacial score (nSPS) is 21.3. The summed E-state index contributed by atoms with van der Waals surface area (Å²) in [6.07, 6.45) is 6.85. The number of aromatic nitrogens is 3. The van der Waals surface area contributed by atoms with E-state index in [1.165, 1.54) is 11.2 Å². The number of amides is 3. The molecule has 2 aliphatic rings. The predicted octanol–water partition coefficient (Wildman–Crippen LogP) is 1.51. The Morgan fingerprint density at radius 2 is 1.76 bits per heavy atom. The summed E-state index contributed by atoms with van der Waals surface area (Å²) < 4.78 is 1.73. The van der Waals surface area contributed by atoms with Crippen molar-refractivity contribution in [1.82, 2.24) is 25.0 Å². The van der Waals surface area contributed by atoms with E-state index >= 15 is 0 Å². The highest BCUT2D eigenvalue weighted by Crippen LogP contribution is 2.37. The highest BCUT2D eigenvalue weighted by Gasteiger charge is 2.47. The van der Waals surface area contributed by atoms with Crippen LogP contribution in [0.5, 0.6) is 0 Å². The SMILES string of the molecule is O=C(CCN1C(=O)C2CCCCC2C1=O)NCc1ccccc1Cn1cncn1. The Bertz CT molecular complexity index is 871. The van der Waals surface area contributed by atoms with Gasteiger partial charge in [0.1, 0.15) is 12.7 Å². The number of nitrogens with zero attached hydrogens (tertiary/aromatic N) is 4. The first-order valence-electron chi connectivity index (χ1n) is 10.1. The van der Waals surface area contributed by atoms with Crippen LogP contribution < -0.4 is 5.32 Å². The topological polar surface area (TPSA) is 97.2 Å². The molecule has 3 amide bonds. The van der Waals surface area contributed by atoms with Gasteiger partial charge in [0.15, 0.2) is 0 Å². The summed E-state index contributed by atoms with van der Waals surface area (Å²) in [5.41, 5.74) is 2.04. The molecule has 2 heterocycles. The highest BCUT2D eigenvalue weighted by atomic mass is 16.2. The molecule has 8 nitrogen and oxygen atoms in total. The van der Waals surface area contributed by atoms with E-state index in [0.29, 0.717) is 13.1 Å². The van der Waals surface area contributed by atoms with Gasteiger partial charge in [-0.25, -0.2) is 9.67 Å². The fourth-order valence-electron chi connectivity index (χ4n) is 4.32. The second kappa shape index (κ2) is 8.55. The van der Waals surface area contributed by atoms with Crippen LogP contribution in [0.4, 0.5) is 0 Å². The number of likely N-dealkylation sites (tertiary alicyclic amines) is 1. The van der Waals surface area contributed by atoms with E-state index in [9.17, 15) is 14.4 Å². The van der Waals surface area contributed by atoms with Crippen LogP contribution in [0.3, 0.4) is 0 Å². The molecule has 1 aromatic carbocycles. The van der Waals surface area contributed by atoms with E-state index in [2.05, 4.69) is 15.4 Å². The minimum atomic E-state index is -0.170. The molecule has 0 spiro atoms. The summed E-state index contributed by atoms with van der Waals surface area (Å²) in [6.45, 7) is 1.12. The Labute approximate surface area is 169 Å². The van der Waals surface area contributed by atoms with Gasteiger partial charge in [-0.15, -0.1) is 0 Å². The zero-order valence-electron chi connectivity index (χ0n) is 16.3. The van der Waals surface area contributed by atoms with Crippen LogP contribution in [0, 0.1) is 11.8 Å². The van der Waals surface area contributed by atoms with Crippen molar-refractivity contribution in [2.75, 3.05) is 6.54 Å². The molecular weight excluding hydrogens is 370 g/mol. The van der Waals surface area contributed by atoms with Gasteiger partial charge in [-0.3, -0.25) is 19.3 Å². The molecule has 1 N–H and O–H groups in total. The molecule has 2 unspecified atom stereocenters. The third-order valence-electron chi connectivity index (χ3n) is 5.89. The van der Waals surface area contributed by atoms with Crippen LogP contribution >= 0.6 is 0 Å². The van der Waals surface area contributed by atoms with E-state index in [4.69, 9.17) is 0 Å². The lowest BCUT2D eigenvalue weighted by atomic mass is 9.81. The molecule has 2 fully saturated rings. The number of benzene rings is 1. The van der Waals surface area contributed by atoms with Gasteiger partial charge in [0.25, 0.3) is 0 Å². The van der Waals surface area contributed by atoms with Crippen LogP contribution in [0.1, 0.15) is 43.2 Å². The Balaban J connectivity index is 1.30. The molecule has 1 saturated carbocycles. The van der Waals surface area contributed by atoms with Crippen molar-refractivity contribution in [3.8, 4) is 0 Å². The summed E-state index contributed by atoms with van der Waals surface area (Å²) in [6, 6.07) is 7.83. The molecule has 29 heavy (non-hydrogen) atoms. The van der Waals surface area contributed by atoms with Crippen LogP contribution in [0.25, 0.3) is 0 Å². The molecule has 152 valence electrons. The second-order valence-corrected chi connectivity index (χ2v) is 7.71. The van der Waals surface area contributed by atoms with E-state index in [-0.39, 0.29) is 42.5 Å². The number of imide groups is 1. The summed E-state index contributed by atoms with van der Waals surface area (Å²) in [4.78, 5) is 42.6. The van der Waals surface area contributed by atoms with Gasteiger partial charge < -0.3 is 5.32 Å². The standard InChI is InChI=1S/C21H25N5O3/c27-19(9-10-26-20(28)17-7-3-4-8-18(17)21(26)29)23-11-15-5-1-2-6-16(15)12-25-14-22-13-24-25/h1-2,5-6,13-14,17-18H,3-4,7-12H2,(H,23,27). The van der Waals surface area contributed by atoms with Crippen molar-refractivity contribution < 1.29 is 14.4 Å². The maximum absolute atomic E-state index is 12.5. The van der Waals surface area contributed by atoms with Gasteiger partial charge >= 0.3 is 0 Å². The van der Waals surface area contributed by atoms with Gasteiger partial charge in [-0.05, 0) is 24.0 Å². The highest BCUT2D eigenvalue weighted by molar-refractivity contribution is 6.05. The number of carbonyl (C=O) groups excluding carboxylic acids is 3. The molecular formula is C21H25N5O3. The van der Waals surface area contributed by atoms with E-state index in [1.54, 1.807) is 11.0 Å². The quantitative estimate of drug-likeness (QED) is 0.717. The maximum atomic E-state index is 12.5. The monoisotopic (exact) mass is 395 g/mol. The summed E-state index contributed by atoms with van der Waals surface area (Å²) >= 11 is 0. The number of hydrogen-bond donors (Lipinski definition) is 1. The van der Waals surface area contributed by atoms with Gasteiger partial charge in [-0.1, -0.05) is 37.1 Å². The average molecular weight is 395 g/mol. The lowest BCUT2D eigenvalue weighted by Crippen LogP contribution is -2.35. The first-order chi connectivity index (χ1) is 14.1. The van der Waals surface area contributed by atoms with Crippen LogP contribution in [-0.2, 0) is 27.5 Å². The zero-order chi connectivity index (χ0) is 20.2. The number of fused-ring (bicyclic) bond motifs is 1. The van der Waals surface area contributed by atoms with Gasteiger partial charge in [0.05, 0.1) is 18.4 Å². The predicted molar refractivity (Wildman–Crippen MR) is 104 cm³/mol. The van der Waals surface area contributed by atoms with Crippen LogP contribution in [-0.4, -0.2) is 43.9 Å². The van der Waals surface area contributed by atoms with Crippen molar-refractivity contribution in [3.05, 3.63) is 48.0 Å². The van der Waals surface area contributed by atoms with Crippen molar-refractivity contribution in [1.29, 1.82) is 0 Å². The number of hydrogen-bond acceptors (Lipinski definition) is 5. The number of rotatable bonds is 7. The third kappa shape index (κ3) is 4.21. The molecule has 1 aliphatic heterocycles. The van der Waals surface area contributed by atoms with Crippen molar-refractivity contribution in [3.63, 3.8) is 0 Å². The number of nitrogens with one attached hydrogen (secondary N) is 1. The minimum Gasteiger partial charge on any atom is -0.352 e. The Hall–Kier alpha value is -3.03.